The zero-order valence-electron chi connectivity index (χ0n) is 39.9. The molecule has 0 aromatic rings. The maximum atomic E-state index is 12.8. The lowest BCUT2D eigenvalue weighted by molar-refractivity contribution is -0.305. The summed E-state index contributed by atoms with van der Waals surface area (Å²) in [6, 6.07) is 0. The molecule has 0 aliphatic carbocycles. The monoisotopic (exact) mass is 877 g/mol. The quantitative estimate of drug-likeness (QED) is 0.0268. The van der Waals surface area contributed by atoms with Gasteiger partial charge in [-0.1, -0.05) is 184 Å². The summed E-state index contributed by atoms with van der Waals surface area (Å²) >= 11 is 0. The van der Waals surface area contributed by atoms with Gasteiger partial charge in [-0.2, -0.15) is 0 Å². The van der Waals surface area contributed by atoms with Gasteiger partial charge in [0.15, 0.2) is 6.29 Å². The van der Waals surface area contributed by atoms with Crippen LogP contribution < -0.4 is 0 Å². The van der Waals surface area contributed by atoms with Gasteiger partial charge in [-0.25, -0.2) is 0 Å². The third-order valence-electron chi connectivity index (χ3n) is 11.7. The van der Waals surface area contributed by atoms with Crippen LogP contribution >= 0.6 is 0 Å². The summed E-state index contributed by atoms with van der Waals surface area (Å²) in [5.74, 6) is -0.321. The van der Waals surface area contributed by atoms with E-state index in [9.17, 15) is 25.2 Å². The first kappa shape index (κ1) is 58.2. The minimum atomic E-state index is -1.54. The van der Waals surface area contributed by atoms with E-state index in [0.29, 0.717) is 13.0 Å². The number of carbonyl (C=O) groups excluding carboxylic acids is 1. The van der Waals surface area contributed by atoms with Gasteiger partial charge in [0, 0.05) is 13.0 Å². The van der Waals surface area contributed by atoms with Crippen molar-refractivity contribution in [3.05, 3.63) is 48.6 Å². The Morgan fingerprint density at radius 2 is 0.935 bits per heavy atom. The first-order chi connectivity index (χ1) is 30.4. The standard InChI is InChI=1S/C53H96O9/c1-3-5-7-9-11-13-15-17-19-21-22-23-24-25-27-29-31-33-35-37-39-41-43-59-45-47(46-60-53-52(58)51(57)50(56)48(44-54)62-53)61-49(55)42-40-38-36-34-32-30-28-26-20-18-16-14-12-10-8-6-4-2/h15,17-18,20-22,24-25,47-48,50-54,56-58H,3-14,16,19,23,26-46H2,1-2H3/b17-15-,20-18-,22-21-,25-24-. The van der Waals surface area contributed by atoms with Crippen LogP contribution in [0.4, 0.5) is 0 Å². The van der Waals surface area contributed by atoms with Gasteiger partial charge < -0.3 is 39.4 Å². The Morgan fingerprint density at radius 1 is 0.516 bits per heavy atom. The first-order valence-corrected chi connectivity index (χ1v) is 25.7. The Balaban J connectivity index is 2.22. The highest BCUT2D eigenvalue weighted by atomic mass is 16.7. The van der Waals surface area contributed by atoms with E-state index in [1.807, 2.05) is 0 Å². The fourth-order valence-corrected chi connectivity index (χ4v) is 7.67. The summed E-state index contributed by atoms with van der Waals surface area (Å²) in [4.78, 5) is 12.8. The molecule has 0 aromatic carbocycles. The van der Waals surface area contributed by atoms with Crippen LogP contribution in [0.15, 0.2) is 48.6 Å². The van der Waals surface area contributed by atoms with Crippen LogP contribution in [0.5, 0.6) is 0 Å². The fraction of sp³-hybridized carbons (Fsp3) is 0.830. The van der Waals surface area contributed by atoms with Crippen LogP contribution in [0.2, 0.25) is 0 Å². The van der Waals surface area contributed by atoms with Crippen LogP contribution in [-0.4, -0.2) is 89.6 Å². The summed E-state index contributed by atoms with van der Waals surface area (Å²) in [6.07, 6.45) is 48.5. The average molecular weight is 877 g/mol. The Labute approximate surface area is 380 Å². The zero-order valence-corrected chi connectivity index (χ0v) is 39.9. The molecule has 0 saturated carbocycles. The van der Waals surface area contributed by atoms with Gasteiger partial charge in [-0.15, -0.1) is 0 Å². The number of aliphatic hydroxyl groups is 4. The Bertz CT molecular complexity index is 1090. The molecular weight excluding hydrogens is 781 g/mol. The molecule has 9 nitrogen and oxygen atoms in total. The molecule has 0 bridgehead atoms. The van der Waals surface area contributed by atoms with Crippen molar-refractivity contribution in [1.82, 2.24) is 0 Å². The third-order valence-corrected chi connectivity index (χ3v) is 11.7. The summed E-state index contributed by atoms with van der Waals surface area (Å²) in [6.45, 7) is 4.53. The third kappa shape index (κ3) is 34.5. The molecule has 0 aromatic heterocycles. The van der Waals surface area contributed by atoms with Crippen LogP contribution in [0.3, 0.4) is 0 Å². The highest BCUT2D eigenvalue weighted by Gasteiger charge is 2.44. The molecule has 0 spiro atoms. The molecule has 362 valence electrons. The topological polar surface area (TPSA) is 135 Å². The zero-order chi connectivity index (χ0) is 45.0. The SMILES string of the molecule is CCCCCCC/C=C\C/C=C\C/C=C\CCCCCCCCCOCC(COC1OC(CO)C(O)C(O)C1O)OC(=O)CCCCCCCCC/C=C\CCCCCCCC. The van der Waals surface area contributed by atoms with Crippen LogP contribution in [0.25, 0.3) is 0 Å². The number of unbranched alkanes of at least 4 members (excludes halogenated alkanes) is 25. The van der Waals surface area contributed by atoms with E-state index in [-0.39, 0.29) is 19.2 Å². The molecule has 4 N–H and O–H groups in total. The highest BCUT2D eigenvalue weighted by molar-refractivity contribution is 5.69. The largest absolute Gasteiger partial charge is 0.457 e. The minimum absolute atomic E-state index is 0.120. The summed E-state index contributed by atoms with van der Waals surface area (Å²) < 4.78 is 22.9. The second-order valence-electron chi connectivity index (χ2n) is 17.6. The number of allylic oxidation sites excluding steroid dienone is 8. The molecule has 1 aliphatic rings. The second-order valence-corrected chi connectivity index (χ2v) is 17.6. The molecule has 9 heteroatoms. The number of carbonyl (C=O) groups is 1. The summed E-state index contributed by atoms with van der Waals surface area (Å²) in [5, 5.41) is 40.2. The number of hydrogen-bond donors (Lipinski definition) is 4. The number of esters is 1. The van der Waals surface area contributed by atoms with Gasteiger partial charge in [-0.3, -0.25) is 4.79 Å². The second kappa shape index (κ2) is 44.4. The maximum Gasteiger partial charge on any atom is 0.306 e. The molecule has 62 heavy (non-hydrogen) atoms. The molecule has 1 fully saturated rings. The van der Waals surface area contributed by atoms with Gasteiger partial charge >= 0.3 is 5.97 Å². The Kier molecular flexibility index (Phi) is 41.6. The lowest BCUT2D eigenvalue weighted by atomic mass is 9.99. The Morgan fingerprint density at radius 3 is 1.42 bits per heavy atom. The molecule has 1 saturated heterocycles. The predicted molar refractivity (Wildman–Crippen MR) is 256 cm³/mol. The van der Waals surface area contributed by atoms with Crippen molar-refractivity contribution in [3.63, 3.8) is 0 Å². The number of rotatable bonds is 44. The molecule has 1 rings (SSSR count). The van der Waals surface area contributed by atoms with Gasteiger partial charge in [0.1, 0.15) is 30.5 Å². The van der Waals surface area contributed by atoms with Crippen molar-refractivity contribution < 1.29 is 44.2 Å². The number of hydrogen-bond acceptors (Lipinski definition) is 9. The normalized spacial score (nSPS) is 20.1. The van der Waals surface area contributed by atoms with Crippen LogP contribution in [0, 0.1) is 0 Å². The fourth-order valence-electron chi connectivity index (χ4n) is 7.67. The predicted octanol–water partition coefficient (Wildman–Crippen LogP) is 12.5. The molecule has 6 atom stereocenters. The number of aliphatic hydroxyl groups excluding tert-OH is 4. The van der Waals surface area contributed by atoms with Crippen molar-refractivity contribution >= 4 is 5.97 Å². The van der Waals surface area contributed by atoms with Crippen molar-refractivity contribution in [2.75, 3.05) is 26.4 Å². The van der Waals surface area contributed by atoms with Crippen LogP contribution in [-0.2, 0) is 23.7 Å². The van der Waals surface area contributed by atoms with Gasteiger partial charge in [-0.05, 0) is 77.0 Å². The van der Waals surface area contributed by atoms with E-state index in [2.05, 4.69) is 62.5 Å². The lowest BCUT2D eigenvalue weighted by Gasteiger charge is -2.39. The molecular formula is C53H96O9. The molecule has 1 aliphatic heterocycles. The van der Waals surface area contributed by atoms with E-state index in [1.165, 1.54) is 141 Å². The van der Waals surface area contributed by atoms with E-state index in [1.54, 1.807) is 0 Å². The molecule has 0 radical (unpaired) electrons. The van der Waals surface area contributed by atoms with Crippen molar-refractivity contribution in [1.29, 1.82) is 0 Å². The Hall–Kier alpha value is -1.85. The van der Waals surface area contributed by atoms with E-state index < -0.39 is 43.4 Å². The molecule has 6 unspecified atom stereocenters. The van der Waals surface area contributed by atoms with E-state index in [0.717, 1.165) is 57.8 Å². The minimum Gasteiger partial charge on any atom is -0.457 e. The van der Waals surface area contributed by atoms with Crippen molar-refractivity contribution in [2.45, 2.75) is 256 Å². The maximum absolute atomic E-state index is 12.8. The highest BCUT2D eigenvalue weighted by Crippen LogP contribution is 2.23. The van der Waals surface area contributed by atoms with Crippen molar-refractivity contribution in [2.24, 2.45) is 0 Å². The van der Waals surface area contributed by atoms with E-state index in [4.69, 9.17) is 18.9 Å². The lowest BCUT2D eigenvalue weighted by Crippen LogP contribution is -2.59. The smallest absolute Gasteiger partial charge is 0.306 e. The van der Waals surface area contributed by atoms with E-state index >= 15 is 0 Å². The summed E-state index contributed by atoms with van der Waals surface area (Å²) in [7, 11) is 0. The number of ether oxygens (including phenoxy) is 4. The first-order valence-electron chi connectivity index (χ1n) is 25.7. The molecule has 0 amide bonds. The average Bonchev–Trinajstić information content (AvgIpc) is 3.27. The molecule has 1 heterocycles. The van der Waals surface area contributed by atoms with Crippen LogP contribution in [0.1, 0.15) is 219 Å². The van der Waals surface area contributed by atoms with Gasteiger partial charge in [0.25, 0.3) is 0 Å². The summed E-state index contributed by atoms with van der Waals surface area (Å²) in [5.41, 5.74) is 0. The van der Waals surface area contributed by atoms with Crippen molar-refractivity contribution in [3.8, 4) is 0 Å². The van der Waals surface area contributed by atoms with Gasteiger partial charge in [0.05, 0.1) is 19.8 Å². The van der Waals surface area contributed by atoms with Gasteiger partial charge in [0.2, 0.25) is 0 Å².